The zero-order chi connectivity index (χ0) is 17.3. The van der Waals surface area contributed by atoms with Crippen LogP contribution in [0.4, 0.5) is 5.88 Å². The zero-order valence-corrected chi connectivity index (χ0v) is 13.6. The van der Waals surface area contributed by atoms with Crippen LogP contribution in [0, 0.1) is 13.8 Å². The second-order valence-electron chi connectivity index (χ2n) is 5.76. The molecule has 2 aromatic carbocycles. The third-order valence-corrected chi connectivity index (χ3v) is 3.95. The van der Waals surface area contributed by atoms with E-state index in [4.69, 9.17) is 21.1 Å². The average Bonchev–Trinajstić information content (AvgIpc) is 2.93. The number of aryl methyl sites for hydroxylation is 2. The first kappa shape index (κ1) is 15.7. The van der Waals surface area contributed by atoms with Gasteiger partial charge in [-0.15, -0.1) is 0 Å². The van der Waals surface area contributed by atoms with Gasteiger partial charge in [-0.1, -0.05) is 64.8 Å². The summed E-state index contributed by atoms with van der Waals surface area (Å²) in [5, 5.41) is 12.2. The number of benzene rings is 2. The van der Waals surface area contributed by atoms with Gasteiger partial charge in [0.15, 0.2) is 5.84 Å². The van der Waals surface area contributed by atoms with Gasteiger partial charge in [-0.25, -0.2) is 0 Å². The van der Waals surface area contributed by atoms with Gasteiger partial charge in [0, 0.05) is 11.1 Å². The molecule has 24 heavy (non-hydrogen) atoms. The van der Waals surface area contributed by atoms with Crippen molar-refractivity contribution in [3.8, 4) is 22.5 Å². The summed E-state index contributed by atoms with van der Waals surface area (Å²) in [5.74, 6) is 0.639. The number of anilines is 1. The standard InChI is InChI=1S/C19H19N3O2/c1-11-3-7-13(8-4-11)15-16(18(20)22-23)19(21)24-17(15)14-9-5-12(2)6-10-14/h3-10,23H,21H2,1-2H3,(H2,20,22). The van der Waals surface area contributed by atoms with Crippen LogP contribution in [-0.4, -0.2) is 11.0 Å². The average molecular weight is 321 g/mol. The Hall–Kier alpha value is -3.21. The molecule has 0 spiro atoms. The minimum absolute atomic E-state index is 0.0785. The van der Waals surface area contributed by atoms with Crippen molar-refractivity contribution in [2.75, 3.05) is 5.73 Å². The second kappa shape index (κ2) is 6.12. The Morgan fingerprint density at radius 3 is 1.92 bits per heavy atom. The monoisotopic (exact) mass is 321 g/mol. The van der Waals surface area contributed by atoms with E-state index in [1.807, 2.05) is 62.4 Å². The van der Waals surface area contributed by atoms with E-state index in [1.165, 1.54) is 0 Å². The van der Waals surface area contributed by atoms with Gasteiger partial charge >= 0.3 is 0 Å². The van der Waals surface area contributed by atoms with E-state index in [9.17, 15) is 0 Å². The van der Waals surface area contributed by atoms with Crippen LogP contribution in [0.25, 0.3) is 22.5 Å². The van der Waals surface area contributed by atoms with Crippen molar-refractivity contribution in [1.82, 2.24) is 0 Å². The van der Waals surface area contributed by atoms with Crippen molar-refractivity contribution in [3.63, 3.8) is 0 Å². The molecule has 0 aliphatic carbocycles. The Labute approximate surface area is 140 Å². The predicted molar refractivity (Wildman–Crippen MR) is 96.0 cm³/mol. The van der Waals surface area contributed by atoms with Gasteiger partial charge in [-0.2, -0.15) is 0 Å². The van der Waals surface area contributed by atoms with Gasteiger partial charge in [-0.05, 0) is 19.4 Å². The van der Waals surface area contributed by atoms with Crippen LogP contribution in [-0.2, 0) is 0 Å². The van der Waals surface area contributed by atoms with E-state index in [-0.39, 0.29) is 11.7 Å². The highest BCUT2D eigenvalue weighted by atomic mass is 16.4. The number of hydrogen-bond donors (Lipinski definition) is 3. The molecule has 0 aliphatic rings. The predicted octanol–water partition coefficient (Wildman–Crippen LogP) is 3.91. The van der Waals surface area contributed by atoms with Gasteiger partial charge in [0.05, 0.1) is 5.56 Å². The smallest absolute Gasteiger partial charge is 0.202 e. The van der Waals surface area contributed by atoms with Gasteiger partial charge in [-0.3, -0.25) is 0 Å². The number of amidine groups is 1. The SMILES string of the molecule is Cc1ccc(-c2oc(N)c(C(N)=NO)c2-c2ccc(C)cc2)cc1. The lowest BCUT2D eigenvalue weighted by Crippen LogP contribution is -2.15. The Morgan fingerprint density at radius 1 is 0.917 bits per heavy atom. The molecule has 0 unspecified atom stereocenters. The molecule has 0 fully saturated rings. The quantitative estimate of drug-likeness (QED) is 0.295. The first-order valence-electron chi connectivity index (χ1n) is 7.55. The van der Waals surface area contributed by atoms with Crippen LogP contribution in [0.15, 0.2) is 58.1 Å². The maximum Gasteiger partial charge on any atom is 0.202 e. The van der Waals surface area contributed by atoms with E-state index >= 15 is 0 Å². The number of oxime groups is 1. The van der Waals surface area contributed by atoms with Crippen molar-refractivity contribution in [2.24, 2.45) is 10.9 Å². The second-order valence-corrected chi connectivity index (χ2v) is 5.76. The molecular formula is C19H19N3O2. The minimum atomic E-state index is -0.0785. The van der Waals surface area contributed by atoms with Crippen molar-refractivity contribution in [3.05, 3.63) is 65.2 Å². The molecule has 122 valence electrons. The lowest BCUT2D eigenvalue weighted by atomic mass is 9.96. The van der Waals surface area contributed by atoms with E-state index in [1.54, 1.807) is 0 Å². The van der Waals surface area contributed by atoms with E-state index in [0.717, 1.165) is 22.3 Å². The van der Waals surface area contributed by atoms with Crippen LogP contribution in [0.2, 0.25) is 0 Å². The molecule has 0 saturated carbocycles. The van der Waals surface area contributed by atoms with E-state index < -0.39 is 0 Å². The van der Waals surface area contributed by atoms with Crippen molar-refractivity contribution in [1.29, 1.82) is 0 Å². The lowest BCUT2D eigenvalue weighted by Gasteiger charge is -2.07. The summed E-state index contributed by atoms with van der Waals surface area (Å²) in [6.07, 6.45) is 0. The van der Waals surface area contributed by atoms with Gasteiger partial charge in [0.25, 0.3) is 0 Å². The number of hydrogen-bond acceptors (Lipinski definition) is 4. The molecule has 3 aromatic rings. The Balaban J connectivity index is 2.30. The summed E-state index contributed by atoms with van der Waals surface area (Å²) in [4.78, 5) is 0. The fraction of sp³-hybridized carbons (Fsp3) is 0.105. The highest BCUT2D eigenvalue weighted by Gasteiger charge is 2.24. The molecule has 0 amide bonds. The zero-order valence-electron chi connectivity index (χ0n) is 13.6. The molecule has 0 saturated heterocycles. The van der Waals surface area contributed by atoms with Crippen LogP contribution < -0.4 is 11.5 Å². The first-order chi connectivity index (χ1) is 11.5. The highest BCUT2D eigenvalue weighted by molar-refractivity contribution is 6.09. The largest absolute Gasteiger partial charge is 0.440 e. The molecule has 5 nitrogen and oxygen atoms in total. The Morgan fingerprint density at radius 2 is 1.42 bits per heavy atom. The molecule has 1 aromatic heterocycles. The van der Waals surface area contributed by atoms with Crippen LogP contribution in [0.3, 0.4) is 0 Å². The third-order valence-electron chi connectivity index (χ3n) is 3.95. The van der Waals surface area contributed by atoms with Crippen molar-refractivity contribution in [2.45, 2.75) is 13.8 Å². The minimum Gasteiger partial charge on any atom is -0.440 e. The molecule has 1 heterocycles. The number of nitrogen functional groups attached to an aromatic ring is 1. The Kier molecular flexibility index (Phi) is 4.00. The third kappa shape index (κ3) is 2.72. The molecule has 5 N–H and O–H groups in total. The van der Waals surface area contributed by atoms with Gasteiger partial charge < -0.3 is 21.1 Å². The van der Waals surface area contributed by atoms with Crippen LogP contribution >= 0.6 is 0 Å². The molecule has 3 rings (SSSR count). The molecule has 0 atom stereocenters. The molecule has 0 bridgehead atoms. The summed E-state index contributed by atoms with van der Waals surface area (Å²) >= 11 is 0. The number of nitrogens with zero attached hydrogens (tertiary/aromatic N) is 1. The fourth-order valence-corrected chi connectivity index (χ4v) is 2.66. The fourth-order valence-electron chi connectivity index (χ4n) is 2.66. The van der Waals surface area contributed by atoms with Crippen molar-refractivity contribution < 1.29 is 9.62 Å². The molecule has 0 radical (unpaired) electrons. The first-order valence-corrected chi connectivity index (χ1v) is 7.55. The summed E-state index contributed by atoms with van der Waals surface area (Å²) in [7, 11) is 0. The van der Waals surface area contributed by atoms with Crippen molar-refractivity contribution >= 4 is 11.7 Å². The topological polar surface area (TPSA) is 97.8 Å². The summed E-state index contributed by atoms with van der Waals surface area (Å²) < 4.78 is 5.79. The van der Waals surface area contributed by atoms with Crippen LogP contribution in [0.5, 0.6) is 0 Å². The van der Waals surface area contributed by atoms with E-state index in [2.05, 4.69) is 5.16 Å². The highest BCUT2D eigenvalue weighted by Crippen LogP contribution is 2.40. The maximum absolute atomic E-state index is 9.11. The normalized spacial score (nSPS) is 11.7. The molecular weight excluding hydrogens is 302 g/mol. The Bertz CT molecular complexity index is 892. The number of furan rings is 1. The summed E-state index contributed by atoms with van der Waals surface area (Å²) in [5.41, 5.74) is 17.0. The van der Waals surface area contributed by atoms with Gasteiger partial charge in [0.1, 0.15) is 5.76 Å². The number of nitrogens with two attached hydrogens (primary N) is 2. The number of rotatable bonds is 3. The summed E-state index contributed by atoms with van der Waals surface area (Å²) in [6, 6.07) is 15.8. The van der Waals surface area contributed by atoms with E-state index in [0.29, 0.717) is 16.9 Å². The maximum atomic E-state index is 9.11. The van der Waals surface area contributed by atoms with Crippen LogP contribution in [0.1, 0.15) is 16.7 Å². The summed E-state index contributed by atoms with van der Waals surface area (Å²) in [6.45, 7) is 4.03. The lowest BCUT2D eigenvalue weighted by molar-refractivity contribution is 0.318. The van der Waals surface area contributed by atoms with Gasteiger partial charge in [0.2, 0.25) is 5.88 Å². The molecule has 0 aliphatic heterocycles. The molecule has 5 heteroatoms.